The van der Waals surface area contributed by atoms with Crippen molar-refractivity contribution < 1.29 is 18.0 Å². The van der Waals surface area contributed by atoms with Crippen LogP contribution in [0.3, 0.4) is 0 Å². The fraction of sp³-hybridized carbons (Fsp3) is 0.577. The van der Waals surface area contributed by atoms with Gasteiger partial charge in [-0.15, -0.1) is 11.3 Å². The summed E-state index contributed by atoms with van der Waals surface area (Å²) in [5.74, 6) is 0.905. The molecule has 10 nitrogen and oxygen atoms in total. The van der Waals surface area contributed by atoms with Gasteiger partial charge in [0, 0.05) is 49.4 Å². The van der Waals surface area contributed by atoms with Gasteiger partial charge < -0.3 is 14.7 Å². The largest absolute Gasteiger partial charge is 0.360 e. The zero-order valence-electron chi connectivity index (χ0n) is 21.8. The summed E-state index contributed by atoms with van der Waals surface area (Å²) < 4.78 is 30.0. The Bertz CT molecular complexity index is 1520. The molecule has 39 heavy (non-hydrogen) atoms. The molecule has 0 radical (unpaired) electrons. The molecule has 7 rings (SSSR count). The number of benzene rings is 1. The number of amides is 3. The van der Waals surface area contributed by atoms with Gasteiger partial charge in [-0.2, -0.15) is 4.31 Å². The first-order valence-electron chi connectivity index (χ1n) is 13.5. The van der Waals surface area contributed by atoms with Crippen molar-refractivity contribution in [2.24, 2.45) is 4.99 Å². The van der Waals surface area contributed by atoms with E-state index in [1.807, 2.05) is 4.90 Å². The van der Waals surface area contributed by atoms with Crippen LogP contribution in [0.15, 0.2) is 33.5 Å². The number of amidine groups is 1. The van der Waals surface area contributed by atoms with Crippen LogP contribution in [0.1, 0.15) is 32.1 Å². The van der Waals surface area contributed by atoms with Crippen LogP contribution in [-0.4, -0.2) is 114 Å². The maximum Gasteiger partial charge on any atom is 0.322 e. The minimum Gasteiger partial charge on any atom is -0.360 e. The van der Waals surface area contributed by atoms with E-state index in [1.54, 1.807) is 41.1 Å². The second-order valence-corrected chi connectivity index (χ2v) is 15.1. The molecule has 0 N–H and O–H groups in total. The lowest BCUT2D eigenvalue weighted by molar-refractivity contribution is -0.143. The van der Waals surface area contributed by atoms with Gasteiger partial charge in [-0.1, -0.05) is 17.7 Å². The number of thiophene rings is 1. The number of fused-ring (bicyclic) bond motifs is 2. The highest BCUT2D eigenvalue weighted by Crippen LogP contribution is 2.50. The van der Waals surface area contributed by atoms with E-state index in [9.17, 15) is 18.0 Å². The number of hydrogen-bond donors (Lipinski definition) is 0. The van der Waals surface area contributed by atoms with Crippen molar-refractivity contribution in [1.82, 2.24) is 23.9 Å². The fourth-order valence-corrected chi connectivity index (χ4v) is 10.5. The Balaban J connectivity index is 1.21. The fourth-order valence-electron chi connectivity index (χ4n) is 7.24. The normalized spacial score (nSPS) is 27.5. The Morgan fingerprint density at radius 2 is 1.85 bits per heavy atom. The molecule has 1 aromatic heterocycles. The van der Waals surface area contributed by atoms with E-state index >= 15 is 0 Å². The first kappa shape index (κ1) is 25.6. The summed E-state index contributed by atoms with van der Waals surface area (Å²) in [6.45, 7) is 2.97. The number of piperidine rings is 1. The van der Waals surface area contributed by atoms with E-state index < -0.39 is 21.2 Å². The molecule has 0 aliphatic carbocycles. The molecule has 1 unspecified atom stereocenters. The van der Waals surface area contributed by atoms with Gasteiger partial charge in [0.05, 0.1) is 31.0 Å². The molecule has 1 atom stereocenters. The number of carbonyl (C=O) groups excluding carboxylic acids is 2. The monoisotopic (exact) mass is 590 g/mol. The van der Waals surface area contributed by atoms with Gasteiger partial charge in [0.2, 0.25) is 5.91 Å². The van der Waals surface area contributed by atoms with Gasteiger partial charge in [-0.05, 0) is 49.3 Å². The highest BCUT2D eigenvalue weighted by atomic mass is 35.5. The van der Waals surface area contributed by atoms with Gasteiger partial charge in [-0.25, -0.2) is 13.2 Å². The van der Waals surface area contributed by atoms with Gasteiger partial charge in [0.1, 0.15) is 4.21 Å². The summed E-state index contributed by atoms with van der Waals surface area (Å²) in [5.41, 5.74) is -1.53. The quantitative estimate of drug-likeness (QED) is 0.536. The number of sulfonamides is 1. The van der Waals surface area contributed by atoms with E-state index in [1.165, 1.54) is 4.31 Å². The number of urea groups is 1. The minimum atomic E-state index is -3.97. The first-order chi connectivity index (χ1) is 18.6. The van der Waals surface area contributed by atoms with Crippen LogP contribution in [-0.2, 0) is 14.8 Å². The number of piperazine rings is 1. The summed E-state index contributed by atoms with van der Waals surface area (Å²) in [6.07, 6.45) is 4.72. The molecule has 4 saturated heterocycles. The predicted molar refractivity (Wildman–Crippen MR) is 150 cm³/mol. The topological polar surface area (TPSA) is 96.8 Å². The van der Waals surface area contributed by atoms with Crippen LogP contribution in [0.4, 0.5) is 4.79 Å². The molecule has 0 bridgehead atoms. The second-order valence-electron chi connectivity index (χ2n) is 11.4. The van der Waals surface area contributed by atoms with Crippen molar-refractivity contribution in [2.45, 2.75) is 47.5 Å². The summed E-state index contributed by atoms with van der Waals surface area (Å²) in [6, 6.07) is 6.79. The molecule has 208 valence electrons. The Labute approximate surface area is 236 Å². The summed E-state index contributed by atoms with van der Waals surface area (Å²) in [7, 11) is -2.23. The Morgan fingerprint density at radius 1 is 1.05 bits per heavy atom. The van der Waals surface area contributed by atoms with Crippen LogP contribution in [0.25, 0.3) is 10.1 Å². The lowest BCUT2D eigenvalue weighted by Crippen LogP contribution is -2.68. The maximum absolute atomic E-state index is 13.9. The summed E-state index contributed by atoms with van der Waals surface area (Å²) >= 11 is 7.28. The molecule has 1 aromatic carbocycles. The third kappa shape index (κ3) is 3.74. The number of nitrogens with zero attached hydrogens (tertiary/aromatic N) is 6. The van der Waals surface area contributed by atoms with Crippen LogP contribution in [0.5, 0.6) is 0 Å². The lowest BCUT2D eigenvalue weighted by Gasteiger charge is -2.48. The number of halogens is 1. The molecule has 0 saturated carbocycles. The highest BCUT2D eigenvalue weighted by molar-refractivity contribution is 7.91. The third-order valence-corrected chi connectivity index (χ3v) is 12.7. The average Bonchev–Trinajstić information content (AvgIpc) is 3.54. The number of likely N-dealkylation sites (N-methyl/N-ethyl adjacent to an activating group) is 1. The molecule has 13 heteroatoms. The van der Waals surface area contributed by atoms with Crippen LogP contribution in [0, 0.1) is 0 Å². The third-order valence-electron chi connectivity index (χ3n) is 9.11. The molecule has 5 aliphatic rings. The zero-order chi connectivity index (χ0) is 27.2. The van der Waals surface area contributed by atoms with E-state index in [-0.39, 0.29) is 35.8 Å². The SMILES string of the molecule is CN1CC23CN(S(=O)(=O)c4cc5ccc(Cl)cc5s4)CC(=O)N2CC2(CCN(C4=NCCCC4)CC2)N3C1=O. The van der Waals surface area contributed by atoms with Gasteiger partial charge in [0.15, 0.2) is 5.66 Å². The van der Waals surface area contributed by atoms with Crippen LogP contribution < -0.4 is 0 Å². The van der Waals surface area contributed by atoms with Gasteiger partial charge in [0.25, 0.3) is 10.0 Å². The summed E-state index contributed by atoms with van der Waals surface area (Å²) in [4.78, 5) is 39.8. The number of aliphatic imine (C=N–C) groups is 1. The second kappa shape index (κ2) is 8.79. The zero-order valence-corrected chi connectivity index (χ0v) is 24.2. The highest BCUT2D eigenvalue weighted by Gasteiger charge is 2.69. The molecule has 5 aliphatic heterocycles. The van der Waals surface area contributed by atoms with Crippen molar-refractivity contribution in [3.8, 4) is 0 Å². The van der Waals surface area contributed by atoms with Crippen molar-refractivity contribution in [3.05, 3.63) is 29.3 Å². The van der Waals surface area contributed by atoms with Gasteiger partial charge >= 0.3 is 6.03 Å². The summed E-state index contributed by atoms with van der Waals surface area (Å²) in [5, 5.41) is 1.33. The number of carbonyl (C=O) groups is 2. The number of likely N-dealkylation sites (tertiary alicyclic amines) is 1. The maximum atomic E-state index is 13.9. The standard InChI is InChI=1S/C26H31ClN6O4S2/c1-29-16-26-17-31(39(36,37)23-12-18-5-6-19(27)13-20(18)38-23)14-22(34)32(26)15-25(33(26)24(29)35)7-10-30(11-8-25)21-4-2-3-9-28-21/h5-6,12-13H,2-4,7-11,14-17H2,1H3. The van der Waals surface area contributed by atoms with Gasteiger partial charge in [-0.3, -0.25) is 14.7 Å². The smallest absolute Gasteiger partial charge is 0.322 e. The van der Waals surface area contributed by atoms with E-state index in [2.05, 4.69) is 4.90 Å². The average molecular weight is 591 g/mol. The first-order valence-corrected chi connectivity index (χ1v) is 16.1. The molecule has 4 fully saturated rings. The molecule has 6 heterocycles. The molecule has 3 amide bonds. The van der Waals surface area contributed by atoms with E-state index in [0.29, 0.717) is 11.6 Å². The molecular formula is C26H31ClN6O4S2. The van der Waals surface area contributed by atoms with Crippen molar-refractivity contribution in [1.29, 1.82) is 0 Å². The van der Waals surface area contributed by atoms with E-state index in [4.69, 9.17) is 16.6 Å². The number of hydrogen-bond acceptors (Lipinski definition) is 7. The Morgan fingerprint density at radius 3 is 2.59 bits per heavy atom. The van der Waals surface area contributed by atoms with Crippen molar-refractivity contribution in [2.75, 3.05) is 52.9 Å². The molecule has 2 spiro atoms. The van der Waals surface area contributed by atoms with Crippen molar-refractivity contribution in [3.63, 3.8) is 0 Å². The minimum absolute atomic E-state index is 0.0598. The van der Waals surface area contributed by atoms with E-state index in [0.717, 1.165) is 79.0 Å². The lowest BCUT2D eigenvalue weighted by atomic mass is 9.86. The Kier molecular flexibility index (Phi) is 5.76. The molecular weight excluding hydrogens is 560 g/mol. The van der Waals surface area contributed by atoms with Crippen LogP contribution in [0.2, 0.25) is 5.02 Å². The van der Waals surface area contributed by atoms with Crippen molar-refractivity contribution >= 4 is 60.8 Å². The number of rotatable bonds is 2. The molecule has 2 aromatic rings. The van der Waals surface area contributed by atoms with Crippen LogP contribution >= 0.6 is 22.9 Å². The predicted octanol–water partition coefficient (Wildman–Crippen LogP) is 2.88. The Hall–Kier alpha value is -2.41.